The molecule has 0 aliphatic carbocycles. The van der Waals surface area contributed by atoms with Crippen molar-refractivity contribution in [1.82, 2.24) is 0 Å². The van der Waals surface area contributed by atoms with Crippen molar-refractivity contribution in [3.63, 3.8) is 0 Å². The summed E-state index contributed by atoms with van der Waals surface area (Å²) < 4.78 is 11.0. The Balaban J connectivity index is 0. The van der Waals surface area contributed by atoms with Crippen LogP contribution in [0.25, 0.3) is 0 Å². The van der Waals surface area contributed by atoms with Gasteiger partial charge in [-0.1, -0.05) is 13.3 Å². The molecule has 0 nitrogen and oxygen atoms in total. The minimum Gasteiger partial charge on any atom is -0.251 e. The third kappa shape index (κ3) is 8.82. The average molecular weight is 106 g/mol. The van der Waals surface area contributed by atoms with Gasteiger partial charge in [0.15, 0.2) is 17.4 Å². The maximum Gasteiger partial charge on any atom is 0.187 e. The van der Waals surface area contributed by atoms with E-state index in [1.807, 2.05) is 6.92 Å². The summed E-state index contributed by atoms with van der Waals surface area (Å²) in [7, 11) is 0. The van der Waals surface area contributed by atoms with Crippen LogP contribution < -0.4 is 0 Å². The maximum atomic E-state index is 11.0. The standard InChI is InChI=1S/C4H9F.Al.3H/c1-2-3-4-5;;;;/h2-4H2,1H3;;;;. The summed E-state index contributed by atoms with van der Waals surface area (Å²) in [5.41, 5.74) is 0. The summed E-state index contributed by atoms with van der Waals surface area (Å²) in [6, 6.07) is 0. The van der Waals surface area contributed by atoms with Crippen LogP contribution in [0.3, 0.4) is 0 Å². The van der Waals surface area contributed by atoms with Crippen molar-refractivity contribution in [2.24, 2.45) is 0 Å². The minimum atomic E-state index is -0.156. The summed E-state index contributed by atoms with van der Waals surface area (Å²) in [4.78, 5) is 0. The largest absolute Gasteiger partial charge is 0.251 e. The third-order valence-electron chi connectivity index (χ3n) is 0.487. The van der Waals surface area contributed by atoms with E-state index in [1.54, 1.807) is 0 Å². The van der Waals surface area contributed by atoms with Gasteiger partial charge in [-0.05, 0) is 6.42 Å². The zero-order chi connectivity index (χ0) is 4.12. The van der Waals surface area contributed by atoms with Gasteiger partial charge >= 0.3 is 0 Å². The molecule has 0 saturated carbocycles. The molecule has 0 radical (unpaired) electrons. The van der Waals surface area contributed by atoms with Crippen LogP contribution in [-0.2, 0) is 0 Å². The van der Waals surface area contributed by atoms with Crippen molar-refractivity contribution in [2.45, 2.75) is 19.8 Å². The molecular weight excluding hydrogens is 94.0 g/mol. The second kappa shape index (κ2) is 9.07. The highest BCUT2D eigenvalue weighted by atomic mass is 27.0. The van der Waals surface area contributed by atoms with E-state index in [2.05, 4.69) is 0 Å². The van der Waals surface area contributed by atoms with E-state index in [0.717, 1.165) is 12.8 Å². The number of alkyl halides is 1. The van der Waals surface area contributed by atoms with E-state index >= 15 is 0 Å². The molecule has 0 aliphatic heterocycles. The molecule has 6 heavy (non-hydrogen) atoms. The number of unbranched alkanes of at least 4 members (excludes halogenated alkanes) is 1. The molecule has 0 aromatic rings. The van der Waals surface area contributed by atoms with Crippen LogP contribution >= 0.6 is 0 Å². The fourth-order valence-corrected chi connectivity index (χ4v) is 0.134. The normalized spacial score (nSPS) is 7.00. The van der Waals surface area contributed by atoms with E-state index in [1.165, 1.54) is 0 Å². The first-order valence-electron chi connectivity index (χ1n) is 1.97. The molecule has 0 bridgehead atoms. The molecule has 0 heterocycles. The van der Waals surface area contributed by atoms with Crippen LogP contribution in [0.1, 0.15) is 19.8 Å². The van der Waals surface area contributed by atoms with Crippen molar-refractivity contribution in [2.75, 3.05) is 6.67 Å². The Hall–Kier alpha value is 0.462. The lowest BCUT2D eigenvalue weighted by molar-refractivity contribution is 0.469. The highest BCUT2D eigenvalue weighted by Crippen LogP contribution is 1.83. The molecular formula is C4H12AlF. The molecule has 0 aliphatic rings. The SMILES string of the molecule is CCCCF.[AlH3]. The highest BCUT2D eigenvalue weighted by molar-refractivity contribution is 5.75. The molecule has 0 N–H and O–H groups in total. The molecule has 0 rings (SSSR count). The van der Waals surface area contributed by atoms with Crippen LogP contribution in [0, 0.1) is 0 Å². The summed E-state index contributed by atoms with van der Waals surface area (Å²) in [6.07, 6.45) is 1.69. The van der Waals surface area contributed by atoms with Gasteiger partial charge in [-0.3, -0.25) is 4.39 Å². The van der Waals surface area contributed by atoms with Gasteiger partial charge in [-0.25, -0.2) is 0 Å². The Morgan fingerprint density at radius 3 is 2.00 bits per heavy atom. The van der Waals surface area contributed by atoms with Crippen molar-refractivity contribution in [3.8, 4) is 0 Å². The molecule has 0 atom stereocenters. The second-order valence-electron chi connectivity index (χ2n) is 1.04. The zero-order valence-corrected chi connectivity index (χ0v) is 3.50. The molecule has 0 unspecified atom stereocenters. The van der Waals surface area contributed by atoms with E-state index in [9.17, 15) is 4.39 Å². The van der Waals surface area contributed by atoms with Gasteiger partial charge in [0.1, 0.15) is 0 Å². The average Bonchev–Trinajstić information content (AvgIpc) is 1.41. The first kappa shape index (κ1) is 9.68. The van der Waals surface area contributed by atoms with Gasteiger partial charge in [-0.2, -0.15) is 0 Å². The van der Waals surface area contributed by atoms with Crippen molar-refractivity contribution >= 4 is 17.4 Å². The minimum absolute atomic E-state index is 0. The third-order valence-corrected chi connectivity index (χ3v) is 0.487. The quantitative estimate of drug-likeness (QED) is 0.451. The van der Waals surface area contributed by atoms with Crippen LogP contribution in [0.5, 0.6) is 0 Å². The van der Waals surface area contributed by atoms with Crippen LogP contribution in [0.2, 0.25) is 0 Å². The van der Waals surface area contributed by atoms with Gasteiger partial charge in [-0.15, -0.1) is 0 Å². The number of rotatable bonds is 2. The maximum absolute atomic E-state index is 11.0. The van der Waals surface area contributed by atoms with E-state index in [-0.39, 0.29) is 24.0 Å². The summed E-state index contributed by atoms with van der Waals surface area (Å²) >= 11 is 0. The zero-order valence-electron chi connectivity index (χ0n) is 3.50. The molecule has 2 heteroatoms. The van der Waals surface area contributed by atoms with Crippen LogP contribution in [0.4, 0.5) is 4.39 Å². The Bertz CT molecular complexity index is 15.0. The predicted octanol–water partition coefficient (Wildman–Crippen LogP) is 0.572. The summed E-state index contributed by atoms with van der Waals surface area (Å²) in [5.74, 6) is 0. The summed E-state index contributed by atoms with van der Waals surface area (Å²) in [5, 5.41) is 0. The Morgan fingerprint density at radius 1 is 1.50 bits per heavy atom. The first-order valence-corrected chi connectivity index (χ1v) is 1.97. The Morgan fingerprint density at radius 2 is 2.00 bits per heavy atom. The fraction of sp³-hybridized carbons (Fsp3) is 1.00. The van der Waals surface area contributed by atoms with Crippen molar-refractivity contribution in [3.05, 3.63) is 0 Å². The molecule has 0 amide bonds. The lowest BCUT2D eigenvalue weighted by atomic mass is 10.4. The van der Waals surface area contributed by atoms with Gasteiger partial charge in [0.2, 0.25) is 0 Å². The van der Waals surface area contributed by atoms with Gasteiger partial charge < -0.3 is 0 Å². The fourth-order valence-electron chi connectivity index (χ4n) is 0.134. The monoisotopic (exact) mass is 106 g/mol. The number of hydrogen-bond donors (Lipinski definition) is 0. The molecule has 0 aromatic heterocycles. The van der Waals surface area contributed by atoms with Gasteiger partial charge in [0.25, 0.3) is 0 Å². The molecule has 0 saturated heterocycles. The Labute approximate surface area is 48.9 Å². The lowest BCUT2D eigenvalue weighted by Gasteiger charge is -1.76. The lowest BCUT2D eigenvalue weighted by Crippen LogP contribution is -1.67. The van der Waals surface area contributed by atoms with Crippen LogP contribution in [-0.4, -0.2) is 24.0 Å². The molecule has 0 aromatic carbocycles. The first-order chi connectivity index (χ1) is 2.41. The number of halogens is 1. The number of hydrogen-bond acceptors (Lipinski definition) is 0. The molecule has 0 spiro atoms. The smallest absolute Gasteiger partial charge is 0.187 e. The van der Waals surface area contributed by atoms with Crippen molar-refractivity contribution in [1.29, 1.82) is 0 Å². The van der Waals surface area contributed by atoms with Gasteiger partial charge in [0.05, 0.1) is 6.67 Å². The predicted molar refractivity (Wildman–Crippen MR) is 30.8 cm³/mol. The summed E-state index contributed by atoms with van der Waals surface area (Å²) in [6.45, 7) is 1.82. The van der Waals surface area contributed by atoms with E-state index < -0.39 is 0 Å². The van der Waals surface area contributed by atoms with E-state index in [4.69, 9.17) is 0 Å². The van der Waals surface area contributed by atoms with Gasteiger partial charge in [0, 0.05) is 0 Å². The molecule has 0 fully saturated rings. The van der Waals surface area contributed by atoms with Crippen molar-refractivity contribution < 1.29 is 4.39 Å². The second-order valence-corrected chi connectivity index (χ2v) is 1.04. The topological polar surface area (TPSA) is 0 Å². The Kier molecular flexibility index (Phi) is 14.6. The van der Waals surface area contributed by atoms with Crippen LogP contribution in [0.15, 0.2) is 0 Å². The molecule has 38 valence electrons. The van der Waals surface area contributed by atoms with E-state index in [0.29, 0.717) is 0 Å². The highest BCUT2D eigenvalue weighted by Gasteiger charge is 1.71.